The molecule has 1 aromatic carbocycles. The molecule has 7 heteroatoms. The van der Waals surface area contributed by atoms with Crippen molar-refractivity contribution in [1.82, 2.24) is 20.4 Å². The van der Waals surface area contributed by atoms with Gasteiger partial charge in [0.15, 0.2) is 5.96 Å². The van der Waals surface area contributed by atoms with Gasteiger partial charge >= 0.3 is 0 Å². The molecule has 1 aliphatic rings. The predicted molar refractivity (Wildman–Crippen MR) is 117 cm³/mol. The zero-order valence-corrected chi connectivity index (χ0v) is 18.1. The highest BCUT2D eigenvalue weighted by molar-refractivity contribution is 6.30. The molecule has 0 saturated carbocycles. The average Bonchev–Trinajstić information content (AvgIpc) is 2.69. The molecule has 0 bridgehead atoms. The number of piperidine rings is 1. The number of carbonyl (C=O) groups is 1. The summed E-state index contributed by atoms with van der Waals surface area (Å²) >= 11 is 5.97. The number of guanidine groups is 1. The average molecular weight is 408 g/mol. The van der Waals surface area contributed by atoms with E-state index in [1.807, 2.05) is 12.1 Å². The molecular weight excluding hydrogens is 374 g/mol. The molecule has 1 fully saturated rings. The lowest BCUT2D eigenvalue weighted by molar-refractivity contribution is -0.127. The van der Waals surface area contributed by atoms with Crippen LogP contribution in [0.3, 0.4) is 0 Å². The Kier molecular flexibility index (Phi) is 9.58. The third-order valence-corrected chi connectivity index (χ3v) is 5.19. The van der Waals surface area contributed by atoms with E-state index in [1.54, 1.807) is 19.0 Å². The largest absolute Gasteiger partial charge is 0.356 e. The van der Waals surface area contributed by atoms with Gasteiger partial charge in [0.1, 0.15) is 6.54 Å². The second-order valence-electron chi connectivity index (χ2n) is 7.55. The van der Waals surface area contributed by atoms with Crippen molar-refractivity contribution in [2.45, 2.75) is 45.2 Å². The van der Waals surface area contributed by atoms with Crippen molar-refractivity contribution in [3.8, 4) is 0 Å². The van der Waals surface area contributed by atoms with Crippen LogP contribution in [-0.2, 0) is 11.3 Å². The van der Waals surface area contributed by atoms with Crippen molar-refractivity contribution in [3.05, 3.63) is 34.9 Å². The van der Waals surface area contributed by atoms with Gasteiger partial charge in [0, 0.05) is 51.3 Å². The quantitative estimate of drug-likeness (QED) is 0.395. The SMILES string of the molecule is CCCCNC(=NCC(=O)N(C)C)NC1CCN(Cc2ccc(Cl)cc2)CC1. The Morgan fingerprint density at radius 3 is 2.54 bits per heavy atom. The van der Waals surface area contributed by atoms with Gasteiger partial charge in [0.2, 0.25) is 5.91 Å². The number of hydrogen-bond acceptors (Lipinski definition) is 3. The minimum Gasteiger partial charge on any atom is -0.356 e. The lowest BCUT2D eigenvalue weighted by Gasteiger charge is -2.33. The maximum absolute atomic E-state index is 11.9. The van der Waals surface area contributed by atoms with Crippen LogP contribution in [0.25, 0.3) is 0 Å². The van der Waals surface area contributed by atoms with Gasteiger partial charge in [-0.2, -0.15) is 0 Å². The first kappa shape index (κ1) is 22.5. The van der Waals surface area contributed by atoms with E-state index in [1.165, 1.54) is 5.56 Å². The summed E-state index contributed by atoms with van der Waals surface area (Å²) < 4.78 is 0. The molecule has 0 atom stereocenters. The summed E-state index contributed by atoms with van der Waals surface area (Å²) in [6.07, 6.45) is 4.33. The second kappa shape index (κ2) is 11.9. The molecule has 28 heavy (non-hydrogen) atoms. The van der Waals surface area contributed by atoms with Gasteiger partial charge < -0.3 is 15.5 Å². The molecule has 0 spiro atoms. The van der Waals surface area contributed by atoms with Gasteiger partial charge in [-0.25, -0.2) is 4.99 Å². The van der Waals surface area contributed by atoms with Gasteiger partial charge in [-0.1, -0.05) is 37.1 Å². The number of benzene rings is 1. The minimum atomic E-state index is 0.00868. The fourth-order valence-corrected chi connectivity index (χ4v) is 3.23. The number of carbonyl (C=O) groups excluding carboxylic acids is 1. The smallest absolute Gasteiger partial charge is 0.243 e. The fraction of sp³-hybridized carbons (Fsp3) is 0.619. The summed E-state index contributed by atoms with van der Waals surface area (Å²) in [7, 11) is 3.51. The lowest BCUT2D eigenvalue weighted by atomic mass is 10.0. The van der Waals surface area contributed by atoms with E-state index >= 15 is 0 Å². The van der Waals surface area contributed by atoms with Gasteiger partial charge in [-0.3, -0.25) is 9.69 Å². The topological polar surface area (TPSA) is 60.0 Å². The number of halogens is 1. The van der Waals surface area contributed by atoms with Gasteiger partial charge in [-0.15, -0.1) is 0 Å². The lowest BCUT2D eigenvalue weighted by Crippen LogP contribution is -2.49. The fourth-order valence-electron chi connectivity index (χ4n) is 3.10. The Morgan fingerprint density at radius 2 is 1.93 bits per heavy atom. The van der Waals surface area contributed by atoms with E-state index in [9.17, 15) is 4.79 Å². The first-order valence-corrected chi connectivity index (χ1v) is 10.6. The van der Waals surface area contributed by atoms with Crippen molar-refractivity contribution in [3.63, 3.8) is 0 Å². The summed E-state index contributed by atoms with van der Waals surface area (Å²) in [6, 6.07) is 8.47. The van der Waals surface area contributed by atoms with Crippen LogP contribution in [0.2, 0.25) is 5.02 Å². The Bertz CT molecular complexity index is 624. The van der Waals surface area contributed by atoms with Crippen molar-refractivity contribution < 1.29 is 4.79 Å². The van der Waals surface area contributed by atoms with Crippen LogP contribution in [0.4, 0.5) is 0 Å². The van der Waals surface area contributed by atoms with Crippen molar-refractivity contribution in [2.24, 2.45) is 4.99 Å². The molecule has 2 rings (SSSR count). The first-order valence-electron chi connectivity index (χ1n) is 10.2. The molecule has 1 amide bonds. The van der Waals surface area contributed by atoms with Crippen LogP contribution in [0, 0.1) is 0 Å². The van der Waals surface area contributed by atoms with E-state index < -0.39 is 0 Å². The number of rotatable bonds is 8. The van der Waals surface area contributed by atoms with Gasteiger partial charge in [0.25, 0.3) is 0 Å². The molecule has 0 radical (unpaired) electrons. The number of amides is 1. The number of likely N-dealkylation sites (tertiary alicyclic amines) is 1. The molecule has 0 aliphatic carbocycles. The Morgan fingerprint density at radius 1 is 1.25 bits per heavy atom. The maximum atomic E-state index is 11.9. The highest BCUT2D eigenvalue weighted by Crippen LogP contribution is 2.16. The number of nitrogens with one attached hydrogen (secondary N) is 2. The Balaban J connectivity index is 1.82. The number of nitrogens with zero attached hydrogens (tertiary/aromatic N) is 3. The van der Waals surface area contributed by atoms with Crippen LogP contribution in [0.1, 0.15) is 38.2 Å². The Labute approximate surface area is 174 Å². The molecule has 0 unspecified atom stereocenters. The third kappa shape index (κ3) is 8.07. The number of likely N-dealkylation sites (N-methyl/N-ethyl adjacent to an activating group) is 1. The summed E-state index contributed by atoms with van der Waals surface area (Å²) in [5.74, 6) is 0.758. The summed E-state index contributed by atoms with van der Waals surface area (Å²) in [5, 5.41) is 7.67. The zero-order chi connectivity index (χ0) is 20.4. The second-order valence-corrected chi connectivity index (χ2v) is 7.99. The van der Waals surface area contributed by atoms with Crippen LogP contribution < -0.4 is 10.6 Å². The van der Waals surface area contributed by atoms with Gasteiger partial charge in [0.05, 0.1) is 0 Å². The molecule has 2 N–H and O–H groups in total. The van der Waals surface area contributed by atoms with Gasteiger partial charge in [-0.05, 0) is 37.0 Å². The zero-order valence-electron chi connectivity index (χ0n) is 17.4. The third-order valence-electron chi connectivity index (χ3n) is 4.94. The monoisotopic (exact) mass is 407 g/mol. The Hall–Kier alpha value is -1.79. The van der Waals surface area contributed by atoms with Crippen molar-refractivity contribution in [2.75, 3.05) is 40.3 Å². The van der Waals surface area contributed by atoms with Crippen molar-refractivity contribution in [1.29, 1.82) is 0 Å². The highest BCUT2D eigenvalue weighted by atomic mass is 35.5. The van der Waals surface area contributed by atoms with E-state index in [2.05, 4.69) is 39.6 Å². The molecular formula is C21H34ClN5O. The molecule has 1 aliphatic heterocycles. The standard InChI is InChI=1S/C21H34ClN5O/c1-4-5-12-23-21(24-15-20(28)26(2)3)25-19-10-13-27(14-11-19)16-17-6-8-18(22)9-7-17/h6-9,19H,4-5,10-16H2,1-3H3,(H2,23,24,25). The molecule has 156 valence electrons. The first-order chi connectivity index (χ1) is 13.5. The minimum absolute atomic E-state index is 0.00868. The molecule has 1 aromatic rings. The predicted octanol–water partition coefficient (Wildman–Crippen LogP) is 2.73. The van der Waals surface area contributed by atoms with E-state index in [4.69, 9.17) is 11.6 Å². The highest BCUT2D eigenvalue weighted by Gasteiger charge is 2.20. The normalized spacial score (nSPS) is 16.1. The number of aliphatic imine (C=N–C) groups is 1. The molecule has 1 heterocycles. The van der Waals surface area contributed by atoms with Crippen LogP contribution in [0.15, 0.2) is 29.3 Å². The van der Waals surface area contributed by atoms with Crippen LogP contribution in [-0.4, -0.2) is 68.0 Å². The molecule has 0 aromatic heterocycles. The maximum Gasteiger partial charge on any atom is 0.243 e. The van der Waals surface area contributed by atoms with E-state index in [0.29, 0.717) is 6.04 Å². The van der Waals surface area contributed by atoms with Crippen LogP contribution in [0.5, 0.6) is 0 Å². The summed E-state index contributed by atoms with van der Waals surface area (Å²) in [4.78, 5) is 20.4. The number of unbranched alkanes of at least 4 members (excludes halogenated alkanes) is 1. The van der Waals surface area contributed by atoms with E-state index in [0.717, 1.165) is 62.8 Å². The van der Waals surface area contributed by atoms with Crippen molar-refractivity contribution >= 4 is 23.5 Å². The molecule has 6 nitrogen and oxygen atoms in total. The van der Waals surface area contributed by atoms with E-state index in [-0.39, 0.29) is 12.5 Å². The summed E-state index contributed by atoms with van der Waals surface area (Å²) in [6.45, 7) is 6.24. The summed E-state index contributed by atoms with van der Waals surface area (Å²) in [5.41, 5.74) is 1.29. The van der Waals surface area contributed by atoms with Crippen LogP contribution >= 0.6 is 11.6 Å². The molecule has 1 saturated heterocycles. The number of hydrogen-bond donors (Lipinski definition) is 2.